The van der Waals surface area contributed by atoms with Crippen LogP contribution in [0.15, 0.2) is 60.1 Å². The summed E-state index contributed by atoms with van der Waals surface area (Å²) in [5, 5.41) is 7.42. The van der Waals surface area contributed by atoms with Gasteiger partial charge in [0.05, 0.1) is 22.3 Å². The van der Waals surface area contributed by atoms with E-state index in [1.54, 1.807) is 29.6 Å². The molecule has 2 N–H and O–H groups in total. The van der Waals surface area contributed by atoms with Crippen LogP contribution in [0.5, 0.6) is 0 Å². The van der Waals surface area contributed by atoms with Gasteiger partial charge in [0.15, 0.2) is 0 Å². The molecule has 1 aromatic carbocycles. The SMILES string of the molecule is O=C(Nc1ccc(Nc2ccc(C(F)(F)F)cc2)cn1)c1cccs1. The van der Waals surface area contributed by atoms with Crippen molar-refractivity contribution in [3.05, 3.63) is 70.5 Å². The Morgan fingerprint density at radius 2 is 1.72 bits per heavy atom. The van der Waals surface area contributed by atoms with Crippen LogP contribution in [0.3, 0.4) is 0 Å². The van der Waals surface area contributed by atoms with Gasteiger partial charge in [-0.3, -0.25) is 4.79 Å². The molecule has 0 aliphatic carbocycles. The molecule has 1 amide bonds. The second kappa shape index (κ2) is 6.94. The first-order valence-electron chi connectivity index (χ1n) is 7.17. The lowest BCUT2D eigenvalue weighted by Crippen LogP contribution is -2.11. The van der Waals surface area contributed by atoms with Crippen molar-refractivity contribution in [3.8, 4) is 0 Å². The first kappa shape index (κ1) is 17.0. The lowest BCUT2D eigenvalue weighted by molar-refractivity contribution is -0.137. The minimum Gasteiger partial charge on any atom is -0.354 e. The van der Waals surface area contributed by atoms with E-state index in [1.165, 1.54) is 29.7 Å². The van der Waals surface area contributed by atoms with Crippen molar-refractivity contribution in [1.82, 2.24) is 4.98 Å². The Kier molecular flexibility index (Phi) is 4.71. The van der Waals surface area contributed by atoms with Gasteiger partial charge in [-0.15, -0.1) is 11.3 Å². The Morgan fingerprint density at radius 1 is 1.00 bits per heavy atom. The molecule has 0 saturated carbocycles. The fraction of sp³-hybridized carbons (Fsp3) is 0.0588. The van der Waals surface area contributed by atoms with Gasteiger partial charge in [-0.05, 0) is 47.8 Å². The number of aromatic nitrogens is 1. The Balaban J connectivity index is 1.63. The Bertz CT molecular complexity index is 844. The van der Waals surface area contributed by atoms with E-state index in [2.05, 4.69) is 15.6 Å². The van der Waals surface area contributed by atoms with Crippen molar-refractivity contribution < 1.29 is 18.0 Å². The summed E-state index contributed by atoms with van der Waals surface area (Å²) < 4.78 is 37.6. The number of carbonyl (C=O) groups excluding carboxylic acids is 1. The minimum absolute atomic E-state index is 0.244. The number of nitrogens with one attached hydrogen (secondary N) is 2. The molecule has 128 valence electrons. The zero-order valence-corrected chi connectivity index (χ0v) is 13.5. The van der Waals surface area contributed by atoms with Crippen LogP contribution in [0.25, 0.3) is 0 Å². The fourth-order valence-corrected chi connectivity index (χ4v) is 2.66. The normalized spacial score (nSPS) is 11.2. The highest BCUT2D eigenvalue weighted by atomic mass is 32.1. The first-order valence-corrected chi connectivity index (χ1v) is 8.05. The topological polar surface area (TPSA) is 54.0 Å². The molecule has 0 aliphatic rings. The van der Waals surface area contributed by atoms with E-state index < -0.39 is 11.7 Å². The standard InChI is InChI=1S/C17H12F3N3OS/c18-17(19,20)11-3-5-12(6-4-11)22-13-7-8-15(21-10-13)23-16(24)14-2-1-9-25-14/h1-10,22H,(H,21,23,24). The summed E-state index contributed by atoms with van der Waals surface area (Å²) in [7, 11) is 0. The molecule has 0 spiro atoms. The summed E-state index contributed by atoms with van der Waals surface area (Å²) in [6, 6.07) is 11.5. The van der Waals surface area contributed by atoms with Crippen molar-refractivity contribution in [1.29, 1.82) is 0 Å². The third-order valence-corrected chi connectivity index (χ3v) is 4.12. The number of nitrogens with zero attached hydrogens (tertiary/aromatic N) is 1. The van der Waals surface area contributed by atoms with E-state index >= 15 is 0 Å². The number of amides is 1. The van der Waals surface area contributed by atoms with Gasteiger partial charge in [0.25, 0.3) is 5.91 Å². The number of rotatable bonds is 4. The maximum absolute atomic E-state index is 12.5. The predicted molar refractivity (Wildman–Crippen MR) is 91.2 cm³/mol. The van der Waals surface area contributed by atoms with Gasteiger partial charge >= 0.3 is 6.18 Å². The molecule has 0 saturated heterocycles. The average Bonchev–Trinajstić information content (AvgIpc) is 3.11. The second-order valence-electron chi connectivity index (χ2n) is 5.06. The average molecular weight is 363 g/mol. The molecule has 3 aromatic rings. The van der Waals surface area contributed by atoms with Crippen molar-refractivity contribution in [2.24, 2.45) is 0 Å². The van der Waals surface area contributed by atoms with E-state index in [9.17, 15) is 18.0 Å². The number of carbonyl (C=O) groups is 1. The Labute approximate surface area is 145 Å². The van der Waals surface area contributed by atoms with Crippen LogP contribution < -0.4 is 10.6 Å². The van der Waals surface area contributed by atoms with Gasteiger partial charge in [-0.2, -0.15) is 13.2 Å². The van der Waals surface area contributed by atoms with E-state index in [4.69, 9.17) is 0 Å². The molecule has 25 heavy (non-hydrogen) atoms. The summed E-state index contributed by atoms with van der Waals surface area (Å²) in [6.45, 7) is 0. The molecule has 0 radical (unpaired) electrons. The van der Waals surface area contributed by atoms with Crippen LogP contribution in [0.2, 0.25) is 0 Å². The maximum atomic E-state index is 12.5. The van der Waals surface area contributed by atoms with Gasteiger partial charge in [0.2, 0.25) is 0 Å². The van der Waals surface area contributed by atoms with Gasteiger partial charge in [-0.25, -0.2) is 4.98 Å². The lowest BCUT2D eigenvalue weighted by Gasteiger charge is -2.10. The monoisotopic (exact) mass is 363 g/mol. The third kappa shape index (κ3) is 4.36. The quantitative estimate of drug-likeness (QED) is 0.673. The molecular formula is C17H12F3N3OS. The largest absolute Gasteiger partial charge is 0.416 e. The zero-order valence-electron chi connectivity index (χ0n) is 12.7. The van der Waals surface area contributed by atoms with E-state index in [0.29, 0.717) is 22.1 Å². The van der Waals surface area contributed by atoms with E-state index in [-0.39, 0.29) is 5.91 Å². The number of hydrogen-bond acceptors (Lipinski definition) is 4. The number of alkyl halides is 3. The van der Waals surface area contributed by atoms with Crippen molar-refractivity contribution in [3.63, 3.8) is 0 Å². The minimum atomic E-state index is -4.36. The van der Waals surface area contributed by atoms with Gasteiger partial charge in [0.1, 0.15) is 5.82 Å². The molecule has 0 aliphatic heterocycles. The van der Waals surface area contributed by atoms with Crippen LogP contribution in [0.1, 0.15) is 15.2 Å². The van der Waals surface area contributed by atoms with E-state index in [1.807, 2.05) is 0 Å². The third-order valence-electron chi connectivity index (χ3n) is 3.25. The number of thiophene rings is 1. The molecule has 0 bridgehead atoms. The smallest absolute Gasteiger partial charge is 0.354 e. The molecule has 0 atom stereocenters. The van der Waals surface area contributed by atoms with Crippen LogP contribution in [-0.4, -0.2) is 10.9 Å². The highest BCUT2D eigenvalue weighted by molar-refractivity contribution is 7.12. The number of anilines is 3. The van der Waals surface area contributed by atoms with Crippen molar-refractivity contribution in [2.75, 3.05) is 10.6 Å². The zero-order chi connectivity index (χ0) is 17.9. The van der Waals surface area contributed by atoms with Crippen molar-refractivity contribution in [2.45, 2.75) is 6.18 Å². The Hall–Kier alpha value is -2.87. The van der Waals surface area contributed by atoms with Gasteiger partial charge in [-0.1, -0.05) is 6.07 Å². The number of halogens is 3. The first-order chi connectivity index (χ1) is 11.9. The molecule has 4 nitrogen and oxygen atoms in total. The summed E-state index contributed by atoms with van der Waals surface area (Å²) >= 11 is 1.33. The molecular weight excluding hydrogens is 351 g/mol. The maximum Gasteiger partial charge on any atom is 0.416 e. The highest BCUT2D eigenvalue weighted by Crippen LogP contribution is 2.30. The number of pyridine rings is 1. The molecule has 0 fully saturated rings. The molecule has 8 heteroatoms. The van der Waals surface area contributed by atoms with Crippen LogP contribution in [0, 0.1) is 0 Å². The summed E-state index contributed by atoms with van der Waals surface area (Å²) in [5.41, 5.74) is 0.391. The van der Waals surface area contributed by atoms with Gasteiger partial charge in [0, 0.05) is 5.69 Å². The summed E-state index contributed by atoms with van der Waals surface area (Å²) in [4.78, 5) is 16.6. The fourth-order valence-electron chi connectivity index (χ4n) is 2.04. The van der Waals surface area contributed by atoms with Crippen LogP contribution in [0.4, 0.5) is 30.4 Å². The Morgan fingerprint density at radius 3 is 2.28 bits per heavy atom. The number of benzene rings is 1. The summed E-state index contributed by atoms with van der Waals surface area (Å²) in [6.07, 6.45) is -2.87. The van der Waals surface area contributed by atoms with Crippen molar-refractivity contribution >= 4 is 34.4 Å². The predicted octanol–water partition coefficient (Wildman–Crippen LogP) is 5.16. The lowest BCUT2D eigenvalue weighted by atomic mass is 10.2. The molecule has 2 aromatic heterocycles. The second-order valence-corrected chi connectivity index (χ2v) is 6.01. The number of hydrogen-bond donors (Lipinski definition) is 2. The molecule has 0 unspecified atom stereocenters. The molecule has 3 rings (SSSR count). The van der Waals surface area contributed by atoms with E-state index in [0.717, 1.165) is 12.1 Å². The highest BCUT2D eigenvalue weighted by Gasteiger charge is 2.29. The summed E-state index contributed by atoms with van der Waals surface area (Å²) in [5.74, 6) is 0.141. The van der Waals surface area contributed by atoms with Crippen LogP contribution >= 0.6 is 11.3 Å². The van der Waals surface area contributed by atoms with Gasteiger partial charge < -0.3 is 10.6 Å². The van der Waals surface area contributed by atoms with Crippen LogP contribution in [-0.2, 0) is 6.18 Å². The molecule has 2 heterocycles.